The van der Waals surface area contributed by atoms with E-state index in [9.17, 15) is 18.8 Å². The molecule has 2 aromatic carbocycles. The van der Waals surface area contributed by atoms with Gasteiger partial charge < -0.3 is 19.7 Å². The Hall–Kier alpha value is -3.17. The van der Waals surface area contributed by atoms with E-state index in [2.05, 4.69) is 17.1 Å². The average molecular weight is 534 g/mol. The molecule has 0 aliphatic carbocycles. The number of hydrogen-bond donors (Lipinski definition) is 1. The molecule has 0 saturated carbocycles. The zero-order valence-corrected chi connectivity index (χ0v) is 22.1. The number of rotatable bonds is 10. The molecule has 2 amide bonds. The van der Waals surface area contributed by atoms with E-state index in [1.807, 2.05) is 11.8 Å². The number of ether oxygens (including phenoxy) is 2. The van der Waals surface area contributed by atoms with Gasteiger partial charge in [-0.1, -0.05) is 23.7 Å². The molecule has 1 aliphatic heterocycles. The monoisotopic (exact) mass is 533 g/mol. The molecule has 2 atom stereocenters. The quantitative estimate of drug-likeness (QED) is 0.371. The van der Waals surface area contributed by atoms with Crippen LogP contribution < -0.4 is 10.1 Å². The van der Waals surface area contributed by atoms with Gasteiger partial charge >= 0.3 is 5.97 Å². The second kappa shape index (κ2) is 13.4. The number of halogens is 2. The molecule has 0 radical (unpaired) electrons. The van der Waals surface area contributed by atoms with Crippen molar-refractivity contribution in [3.8, 4) is 5.75 Å². The number of carbonyl (C=O) groups excluding carboxylic acids is 3. The molecule has 10 heteroatoms. The molecule has 1 aliphatic rings. The molecule has 3 rings (SSSR count). The highest BCUT2D eigenvalue weighted by Crippen LogP contribution is 2.24. The summed E-state index contributed by atoms with van der Waals surface area (Å²) >= 11 is 6.12. The van der Waals surface area contributed by atoms with Gasteiger partial charge in [-0.15, -0.1) is 0 Å². The summed E-state index contributed by atoms with van der Waals surface area (Å²) in [6.07, 6.45) is -0.383. The van der Waals surface area contributed by atoms with Crippen molar-refractivity contribution >= 4 is 29.4 Å². The lowest BCUT2D eigenvalue weighted by atomic mass is 10.1. The first-order valence-electron chi connectivity index (χ1n) is 12.3. The smallest absolute Gasteiger partial charge is 0.315 e. The van der Waals surface area contributed by atoms with Gasteiger partial charge in [-0.05, 0) is 56.7 Å². The van der Waals surface area contributed by atoms with E-state index in [1.54, 1.807) is 37.3 Å². The van der Waals surface area contributed by atoms with Crippen molar-refractivity contribution in [2.24, 2.45) is 0 Å². The van der Waals surface area contributed by atoms with Crippen LogP contribution in [0.2, 0.25) is 5.02 Å². The fraction of sp³-hybridized carbons (Fsp3) is 0.444. The Bertz CT molecular complexity index is 1100. The Morgan fingerprint density at radius 1 is 1.08 bits per heavy atom. The Morgan fingerprint density at radius 2 is 1.81 bits per heavy atom. The Morgan fingerprint density at radius 3 is 2.51 bits per heavy atom. The summed E-state index contributed by atoms with van der Waals surface area (Å²) in [7, 11) is 0. The second-order valence-corrected chi connectivity index (χ2v) is 9.54. The van der Waals surface area contributed by atoms with Crippen LogP contribution in [0.1, 0.15) is 38.3 Å². The van der Waals surface area contributed by atoms with E-state index in [4.69, 9.17) is 21.1 Å². The Kier molecular flexibility index (Phi) is 10.3. The number of benzene rings is 2. The second-order valence-electron chi connectivity index (χ2n) is 9.10. The molecule has 1 heterocycles. The number of nitrogens with zero attached hydrogens (tertiary/aromatic N) is 2. The van der Waals surface area contributed by atoms with Crippen LogP contribution in [0.15, 0.2) is 42.5 Å². The maximum absolute atomic E-state index is 13.2. The number of esters is 1. The van der Waals surface area contributed by atoms with Crippen LogP contribution in [0.25, 0.3) is 0 Å². The summed E-state index contributed by atoms with van der Waals surface area (Å²) in [4.78, 5) is 40.7. The molecule has 1 N–H and O–H groups in total. The molecule has 37 heavy (non-hydrogen) atoms. The Labute approximate surface area is 221 Å². The van der Waals surface area contributed by atoms with Gasteiger partial charge in [-0.3, -0.25) is 19.3 Å². The first-order valence-corrected chi connectivity index (χ1v) is 12.7. The highest BCUT2D eigenvalue weighted by atomic mass is 35.5. The van der Waals surface area contributed by atoms with Gasteiger partial charge in [-0.25, -0.2) is 4.39 Å². The lowest BCUT2D eigenvalue weighted by molar-refractivity contribution is -0.146. The predicted molar refractivity (Wildman–Crippen MR) is 137 cm³/mol. The molecule has 2 aromatic rings. The van der Waals surface area contributed by atoms with Crippen molar-refractivity contribution in [2.45, 2.75) is 52.4 Å². The molecular weight excluding hydrogens is 501 g/mol. The van der Waals surface area contributed by atoms with Gasteiger partial charge in [0.15, 0.2) is 6.61 Å². The van der Waals surface area contributed by atoms with Gasteiger partial charge in [0.1, 0.15) is 18.0 Å². The van der Waals surface area contributed by atoms with Gasteiger partial charge in [0.05, 0.1) is 6.61 Å². The van der Waals surface area contributed by atoms with Crippen molar-refractivity contribution in [3.63, 3.8) is 0 Å². The minimum absolute atomic E-state index is 0.0281. The maximum atomic E-state index is 13.2. The lowest BCUT2D eigenvalue weighted by Gasteiger charge is -2.44. The number of amides is 2. The molecule has 200 valence electrons. The lowest BCUT2D eigenvalue weighted by Crippen LogP contribution is -2.58. The van der Waals surface area contributed by atoms with Crippen molar-refractivity contribution in [3.05, 3.63) is 64.4 Å². The third-order valence-corrected chi connectivity index (χ3v) is 6.43. The van der Waals surface area contributed by atoms with Crippen LogP contribution >= 0.6 is 11.6 Å². The van der Waals surface area contributed by atoms with E-state index in [0.717, 1.165) is 5.56 Å². The topological polar surface area (TPSA) is 88.2 Å². The molecule has 8 nitrogen and oxygen atoms in total. The number of nitrogens with one attached hydrogen (secondary N) is 1. The molecule has 1 fully saturated rings. The van der Waals surface area contributed by atoms with Crippen LogP contribution in [0.3, 0.4) is 0 Å². The van der Waals surface area contributed by atoms with E-state index in [1.165, 1.54) is 12.1 Å². The molecule has 1 saturated heterocycles. The summed E-state index contributed by atoms with van der Waals surface area (Å²) in [5, 5.41) is 3.10. The highest BCUT2D eigenvalue weighted by molar-refractivity contribution is 6.30. The van der Waals surface area contributed by atoms with E-state index < -0.39 is 11.9 Å². The summed E-state index contributed by atoms with van der Waals surface area (Å²) in [6.45, 7) is 7.75. The third-order valence-electron chi connectivity index (χ3n) is 6.19. The van der Waals surface area contributed by atoms with E-state index >= 15 is 0 Å². The molecule has 0 aromatic heterocycles. The van der Waals surface area contributed by atoms with Crippen LogP contribution in [0.4, 0.5) is 4.39 Å². The minimum atomic E-state index is -0.603. The fourth-order valence-corrected chi connectivity index (χ4v) is 4.43. The summed E-state index contributed by atoms with van der Waals surface area (Å²) in [5.41, 5.74) is 1.61. The maximum Gasteiger partial charge on any atom is 0.315 e. The van der Waals surface area contributed by atoms with Crippen molar-refractivity contribution in [2.75, 3.05) is 26.3 Å². The van der Waals surface area contributed by atoms with Crippen LogP contribution in [-0.2, 0) is 32.2 Å². The standard InChI is InChI=1S/C27H33ClFN3O5/c1-4-36-27(35)12-25(33)30-13-21-11-22(28)7-10-24(21)37-17-26(34)32-15-18(2)31(14-19(32)3)16-20-5-8-23(29)9-6-20/h5-11,18-19H,4,12-17H2,1-3H3,(H,30,33)/t18-,19+/m1/s1. The van der Waals surface area contributed by atoms with Gasteiger partial charge in [0, 0.05) is 48.8 Å². The first kappa shape index (κ1) is 28.4. The third kappa shape index (κ3) is 8.43. The highest BCUT2D eigenvalue weighted by Gasteiger charge is 2.32. The summed E-state index contributed by atoms with van der Waals surface area (Å²) < 4.78 is 23.8. The fourth-order valence-electron chi connectivity index (χ4n) is 4.24. The summed E-state index contributed by atoms with van der Waals surface area (Å²) in [6, 6.07) is 11.5. The Balaban J connectivity index is 1.55. The van der Waals surface area contributed by atoms with E-state index in [-0.39, 0.29) is 50.0 Å². The number of piperazine rings is 1. The first-order chi connectivity index (χ1) is 17.7. The average Bonchev–Trinajstić information content (AvgIpc) is 2.85. The number of hydrogen-bond acceptors (Lipinski definition) is 6. The predicted octanol–water partition coefficient (Wildman–Crippen LogP) is 3.55. The van der Waals surface area contributed by atoms with Crippen LogP contribution in [0.5, 0.6) is 5.75 Å². The van der Waals surface area contributed by atoms with Crippen molar-refractivity contribution < 1.29 is 28.2 Å². The van der Waals surface area contributed by atoms with Crippen molar-refractivity contribution in [1.82, 2.24) is 15.1 Å². The molecule has 0 spiro atoms. The van der Waals surface area contributed by atoms with Crippen LogP contribution in [-0.4, -0.2) is 66.0 Å². The largest absolute Gasteiger partial charge is 0.483 e. The molecule has 0 bridgehead atoms. The molecular formula is C27H33ClFN3O5. The van der Waals surface area contributed by atoms with Gasteiger partial charge in [-0.2, -0.15) is 0 Å². The van der Waals surface area contributed by atoms with Gasteiger partial charge in [0.2, 0.25) is 5.91 Å². The van der Waals surface area contributed by atoms with Crippen LogP contribution in [0, 0.1) is 5.82 Å². The normalized spacial score (nSPS) is 17.8. The van der Waals surface area contributed by atoms with E-state index in [0.29, 0.717) is 36.0 Å². The SMILES string of the molecule is CCOC(=O)CC(=O)NCc1cc(Cl)ccc1OCC(=O)N1C[C@@H](C)N(Cc2ccc(F)cc2)C[C@@H]1C. The number of carbonyl (C=O) groups is 3. The molecule has 0 unspecified atom stereocenters. The van der Waals surface area contributed by atoms with Crippen molar-refractivity contribution in [1.29, 1.82) is 0 Å². The summed E-state index contributed by atoms with van der Waals surface area (Å²) in [5.74, 6) is -1.07. The zero-order valence-electron chi connectivity index (χ0n) is 21.3. The van der Waals surface area contributed by atoms with Gasteiger partial charge in [0.25, 0.3) is 5.91 Å². The minimum Gasteiger partial charge on any atom is -0.483 e. The zero-order chi connectivity index (χ0) is 26.9.